The van der Waals surface area contributed by atoms with E-state index >= 15 is 0 Å². The maximum absolute atomic E-state index is 9.76. The van der Waals surface area contributed by atoms with Crippen molar-refractivity contribution in [3.63, 3.8) is 0 Å². The van der Waals surface area contributed by atoms with Crippen molar-refractivity contribution in [3.05, 3.63) is 78.2 Å². The predicted molar refractivity (Wildman–Crippen MR) is 106 cm³/mol. The Bertz CT molecular complexity index is 1060. The average Bonchev–Trinajstić information content (AvgIpc) is 3.12. The molecule has 0 saturated heterocycles. The highest BCUT2D eigenvalue weighted by atomic mass is 16.3. The summed E-state index contributed by atoms with van der Waals surface area (Å²) in [5.41, 5.74) is 3.76. The molecule has 27 heavy (non-hydrogen) atoms. The number of aliphatic hydroxyl groups excluding tert-OH is 1. The Labute approximate surface area is 157 Å². The van der Waals surface area contributed by atoms with Gasteiger partial charge in [-0.2, -0.15) is 4.98 Å². The monoisotopic (exact) mass is 359 g/mol. The molecule has 2 N–H and O–H groups in total. The molecule has 2 heterocycles. The second-order valence-electron chi connectivity index (χ2n) is 6.55. The highest BCUT2D eigenvalue weighted by molar-refractivity contribution is 5.78. The van der Waals surface area contributed by atoms with E-state index in [0.717, 1.165) is 22.4 Å². The van der Waals surface area contributed by atoms with E-state index in [1.165, 1.54) is 5.56 Å². The lowest BCUT2D eigenvalue weighted by Crippen LogP contribution is -2.10. The molecule has 0 aliphatic carbocycles. The Morgan fingerprint density at radius 2 is 1.78 bits per heavy atom. The molecule has 6 nitrogen and oxygen atoms in total. The Hall–Kier alpha value is -3.25. The standard InChI is InChI=1S/C21H21N5O/c1-14(16-6-4-3-5-7-16)24-21-22-11-10-20(25-21)26-13-23-18-12-17(15(2)27)8-9-19(18)26/h3-15,27H,1-2H3,(H,22,24,25). The molecule has 2 atom stereocenters. The van der Waals surface area contributed by atoms with Crippen LogP contribution in [0.5, 0.6) is 0 Å². The smallest absolute Gasteiger partial charge is 0.225 e. The van der Waals surface area contributed by atoms with Gasteiger partial charge in [-0.3, -0.25) is 4.57 Å². The fourth-order valence-corrected chi connectivity index (χ4v) is 3.04. The lowest BCUT2D eigenvalue weighted by Gasteiger charge is -2.14. The van der Waals surface area contributed by atoms with Crippen LogP contribution in [0.2, 0.25) is 0 Å². The van der Waals surface area contributed by atoms with E-state index in [1.807, 2.05) is 47.0 Å². The lowest BCUT2D eigenvalue weighted by molar-refractivity contribution is 0.199. The largest absolute Gasteiger partial charge is 0.389 e. The van der Waals surface area contributed by atoms with Crippen molar-refractivity contribution >= 4 is 17.0 Å². The topological polar surface area (TPSA) is 75.9 Å². The highest BCUT2D eigenvalue weighted by Gasteiger charge is 2.11. The van der Waals surface area contributed by atoms with Crippen molar-refractivity contribution in [2.24, 2.45) is 0 Å². The SMILES string of the molecule is CC(O)c1ccc2c(c1)ncn2-c1ccnc(NC(C)c2ccccc2)n1. The van der Waals surface area contributed by atoms with Crippen LogP contribution in [-0.4, -0.2) is 24.6 Å². The zero-order valence-corrected chi connectivity index (χ0v) is 15.2. The van der Waals surface area contributed by atoms with E-state index in [4.69, 9.17) is 0 Å². The first-order valence-corrected chi connectivity index (χ1v) is 8.92. The van der Waals surface area contributed by atoms with Gasteiger partial charge in [0.1, 0.15) is 12.1 Å². The summed E-state index contributed by atoms with van der Waals surface area (Å²) < 4.78 is 1.92. The van der Waals surface area contributed by atoms with Crippen LogP contribution >= 0.6 is 0 Å². The minimum absolute atomic E-state index is 0.0922. The van der Waals surface area contributed by atoms with Crippen LogP contribution in [0, 0.1) is 0 Å². The molecule has 0 fully saturated rings. The normalized spacial score (nSPS) is 13.4. The Morgan fingerprint density at radius 1 is 0.963 bits per heavy atom. The van der Waals surface area contributed by atoms with E-state index in [2.05, 4.69) is 39.3 Å². The maximum Gasteiger partial charge on any atom is 0.225 e. The van der Waals surface area contributed by atoms with Gasteiger partial charge >= 0.3 is 0 Å². The molecule has 2 aromatic carbocycles. The predicted octanol–water partition coefficient (Wildman–Crippen LogP) is 4.04. The molecule has 6 heteroatoms. The van der Waals surface area contributed by atoms with Gasteiger partial charge in [-0.1, -0.05) is 36.4 Å². The lowest BCUT2D eigenvalue weighted by atomic mass is 10.1. The molecule has 0 aliphatic rings. The van der Waals surface area contributed by atoms with E-state index in [1.54, 1.807) is 19.4 Å². The number of hydrogen-bond acceptors (Lipinski definition) is 5. The third-order valence-corrected chi connectivity index (χ3v) is 4.59. The zero-order valence-electron chi connectivity index (χ0n) is 15.2. The molecule has 2 unspecified atom stereocenters. The van der Waals surface area contributed by atoms with Crippen LogP contribution < -0.4 is 5.32 Å². The molecule has 0 radical (unpaired) electrons. The Balaban J connectivity index is 1.64. The summed E-state index contributed by atoms with van der Waals surface area (Å²) in [7, 11) is 0. The molecule has 2 aromatic heterocycles. The van der Waals surface area contributed by atoms with E-state index < -0.39 is 6.10 Å². The summed E-state index contributed by atoms with van der Waals surface area (Å²) in [5.74, 6) is 1.30. The molecule has 4 aromatic rings. The second kappa shape index (κ2) is 7.17. The van der Waals surface area contributed by atoms with Crippen LogP contribution in [0.1, 0.15) is 37.1 Å². The van der Waals surface area contributed by atoms with Crippen molar-refractivity contribution in [1.29, 1.82) is 0 Å². The molecular weight excluding hydrogens is 338 g/mol. The minimum atomic E-state index is -0.520. The van der Waals surface area contributed by atoms with Gasteiger partial charge in [0.2, 0.25) is 5.95 Å². The third kappa shape index (κ3) is 3.52. The molecule has 0 bridgehead atoms. The van der Waals surface area contributed by atoms with E-state index in [9.17, 15) is 5.11 Å². The summed E-state index contributed by atoms with van der Waals surface area (Å²) in [5, 5.41) is 13.1. The van der Waals surface area contributed by atoms with Crippen molar-refractivity contribution in [2.75, 3.05) is 5.32 Å². The van der Waals surface area contributed by atoms with Gasteiger partial charge in [0.05, 0.1) is 23.2 Å². The van der Waals surface area contributed by atoms with Crippen LogP contribution in [0.25, 0.3) is 16.9 Å². The molecule has 0 amide bonds. The van der Waals surface area contributed by atoms with Crippen molar-refractivity contribution in [2.45, 2.75) is 26.0 Å². The van der Waals surface area contributed by atoms with Crippen molar-refractivity contribution in [1.82, 2.24) is 19.5 Å². The number of nitrogens with one attached hydrogen (secondary N) is 1. The molecule has 0 aliphatic heterocycles. The highest BCUT2D eigenvalue weighted by Crippen LogP contribution is 2.22. The van der Waals surface area contributed by atoms with Crippen LogP contribution in [0.4, 0.5) is 5.95 Å². The van der Waals surface area contributed by atoms with Gasteiger partial charge < -0.3 is 10.4 Å². The summed E-state index contributed by atoms with van der Waals surface area (Å²) >= 11 is 0. The fraction of sp³-hybridized carbons (Fsp3) is 0.190. The number of imidazole rings is 1. The first-order chi connectivity index (χ1) is 13.1. The number of anilines is 1. The number of benzene rings is 2. The fourth-order valence-electron chi connectivity index (χ4n) is 3.04. The summed E-state index contributed by atoms with van der Waals surface area (Å²) in [6.45, 7) is 3.82. The van der Waals surface area contributed by atoms with Crippen LogP contribution in [0.3, 0.4) is 0 Å². The Kier molecular flexibility index (Phi) is 4.56. The second-order valence-corrected chi connectivity index (χ2v) is 6.55. The van der Waals surface area contributed by atoms with E-state index in [-0.39, 0.29) is 6.04 Å². The van der Waals surface area contributed by atoms with Gasteiger partial charge in [0.15, 0.2) is 0 Å². The summed E-state index contributed by atoms with van der Waals surface area (Å²) in [6.07, 6.45) is 2.95. The number of aliphatic hydroxyl groups is 1. The molecule has 0 spiro atoms. The van der Waals surface area contributed by atoms with Gasteiger partial charge in [-0.05, 0) is 43.2 Å². The summed E-state index contributed by atoms with van der Waals surface area (Å²) in [6, 6.07) is 17.9. The first kappa shape index (κ1) is 17.2. The number of aromatic nitrogens is 4. The van der Waals surface area contributed by atoms with Crippen LogP contribution in [0.15, 0.2) is 67.1 Å². The van der Waals surface area contributed by atoms with Crippen molar-refractivity contribution < 1.29 is 5.11 Å². The first-order valence-electron chi connectivity index (χ1n) is 8.92. The van der Waals surface area contributed by atoms with Gasteiger partial charge in [-0.15, -0.1) is 0 Å². The van der Waals surface area contributed by atoms with Gasteiger partial charge in [0, 0.05) is 6.20 Å². The quantitative estimate of drug-likeness (QED) is 0.562. The van der Waals surface area contributed by atoms with Crippen LogP contribution in [-0.2, 0) is 0 Å². The number of nitrogens with zero attached hydrogens (tertiary/aromatic N) is 4. The zero-order chi connectivity index (χ0) is 18.8. The number of fused-ring (bicyclic) bond motifs is 1. The summed E-state index contributed by atoms with van der Waals surface area (Å²) in [4.78, 5) is 13.4. The van der Waals surface area contributed by atoms with Gasteiger partial charge in [-0.25, -0.2) is 9.97 Å². The molecule has 4 rings (SSSR count). The minimum Gasteiger partial charge on any atom is -0.389 e. The average molecular weight is 359 g/mol. The molecule has 136 valence electrons. The molecular formula is C21H21N5O. The van der Waals surface area contributed by atoms with Gasteiger partial charge in [0.25, 0.3) is 0 Å². The van der Waals surface area contributed by atoms with E-state index in [0.29, 0.717) is 5.95 Å². The number of rotatable bonds is 5. The maximum atomic E-state index is 9.76. The Morgan fingerprint density at radius 3 is 2.56 bits per heavy atom. The number of hydrogen-bond donors (Lipinski definition) is 2. The molecule has 0 saturated carbocycles. The van der Waals surface area contributed by atoms with Crippen molar-refractivity contribution in [3.8, 4) is 5.82 Å². The third-order valence-electron chi connectivity index (χ3n) is 4.59.